The molecule has 1 heterocycles. The van der Waals surface area contributed by atoms with E-state index in [1.165, 1.54) is 30.1 Å². The summed E-state index contributed by atoms with van der Waals surface area (Å²) in [6.45, 7) is 0. The minimum atomic E-state index is -0.450. The number of amides is 1. The maximum atomic E-state index is 12.1. The highest BCUT2D eigenvalue weighted by Crippen LogP contribution is 2.35. The zero-order chi connectivity index (χ0) is 19.4. The van der Waals surface area contributed by atoms with Crippen LogP contribution in [0.1, 0.15) is 16.1 Å². The maximum Gasteiger partial charge on any atom is 0.272 e. The molecule has 1 aromatic heterocycles. The van der Waals surface area contributed by atoms with Gasteiger partial charge in [-0.1, -0.05) is 46.6 Å². The SMILES string of the molecule is O=C(N/N=C\c1cc(Br)c(Sc2ccc(Cl)cc2)o1)c1ccc(Cl)cc1Cl. The van der Waals surface area contributed by atoms with Gasteiger partial charge < -0.3 is 4.42 Å². The molecule has 0 unspecified atom stereocenters. The summed E-state index contributed by atoms with van der Waals surface area (Å²) in [5, 5.41) is 5.92. The Morgan fingerprint density at radius 1 is 1.07 bits per heavy atom. The number of rotatable bonds is 5. The lowest BCUT2D eigenvalue weighted by Gasteiger charge is -2.02. The van der Waals surface area contributed by atoms with E-state index < -0.39 is 5.91 Å². The molecule has 0 saturated carbocycles. The molecule has 3 aromatic rings. The molecule has 1 amide bonds. The summed E-state index contributed by atoms with van der Waals surface area (Å²) in [5.41, 5.74) is 2.67. The topological polar surface area (TPSA) is 54.6 Å². The Hall–Kier alpha value is -1.44. The van der Waals surface area contributed by atoms with Crippen LogP contribution in [-0.2, 0) is 0 Å². The van der Waals surface area contributed by atoms with E-state index in [4.69, 9.17) is 39.2 Å². The predicted octanol–water partition coefficient (Wildman–Crippen LogP) is 6.92. The third-order valence-corrected chi connectivity index (χ3v) is 5.88. The molecule has 0 fully saturated rings. The van der Waals surface area contributed by atoms with Crippen molar-refractivity contribution < 1.29 is 9.21 Å². The smallest absolute Gasteiger partial charge is 0.272 e. The summed E-state index contributed by atoms with van der Waals surface area (Å²) in [6, 6.07) is 13.8. The average Bonchev–Trinajstić information content (AvgIpc) is 2.96. The first-order chi connectivity index (χ1) is 12.9. The highest BCUT2D eigenvalue weighted by atomic mass is 79.9. The molecule has 9 heteroatoms. The summed E-state index contributed by atoms with van der Waals surface area (Å²) in [5.74, 6) is 0.0233. The van der Waals surface area contributed by atoms with Crippen LogP contribution in [0, 0.1) is 0 Å². The van der Waals surface area contributed by atoms with Gasteiger partial charge in [0.05, 0.1) is 21.3 Å². The van der Waals surface area contributed by atoms with Crippen LogP contribution >= 0.6 is 62.5 Å². The van der Waals surface area contributed by atoms with Gasteiger partial charge >= 0.3 is 0 Å². The molecule has 1 N–H and O–H groups in total. The molecule has 4 nitrogen and oxygen atoms in total. The number of nitrogens with one attached hydrogen (secondary N) is 1. The number of carbonyl (C=O) groups is 1. The van der Waals surface area contributed by atoms with Gasteiger partial charge in [-0.05, 0) is 58.4 Å². The first-order valence-electron chi connectivity index (χ1n) is 7.43. The van der Waals surface area contributed by atoms with Crippen molar-refractivity contribution in [1.82, 2.24) is 5.43 Å². The van der Waals surface area contributed by atoms with Crippen molar-refractivity contribution in [2.24, 2.45) is 5.10 Å². The first-order valence-corrected chi connectivity index (χ1v) is 10.2. The van der Waals surface area contributed by atoms with Gasteiger partial charge in [0.25, 0.3) is 5.91 Å². The van der Waals surface area contributed by atoms with Crippen molar-refractivity contribution in [2.45, 2.75) is 9.99 Å². The molecular weight excluding hydrogens is 495 g/mol. The Kier molecular flexibility index (Phi) is 6.89. The van der Waals surface area contributed by atoms with Crippen LogP contribution in [0.2, 0.25) is 15.1 Å². The third-order valence-electron chi connectivity index (χ3n) is 3.23. The fourth-order valence-corrected chi connectivity index (χ4v) is 3.95. The van der Waals surface area contributed by atoms with E-state index in [0.29, 0.717) is 20.9 Å². The van der Waals surface area contributed by atoms with Crippen molar-refractivity contribution in [3.63, 3.8) is 0 Å². The molecule has 0 atom stereocenters. The number of benzene rings is 2. The fraction of sp³-hybridized carbons (Fsp3) is 0. The standard InChI is InChI=1S/C18H10BrCl3N2O2S/c19-15-8-12(26-18(15)27-13-4-1-10(20)2-5-13)9-23-24-17(25)14-6-3-11(21)7-16(14)22/h1-9H,(H,24,25)/b23-9-. The Labute approximate surface area is 183 Å². The minimum Gasteiger partial charge on any atom is -0.447 e. The first kappa shape index (κ1) is 20.3. The van der Waals surface area contributed by atoms with Crippen molar-refractivity contribution >= 4 is 74.6 Å². The molecule has 3 rings (SSSR count). The van der Waals surface area contributed by atoms with Gasteiger partial charge in [-0.2, -0.15) is 5.10 Å². The average molecular weight is 505 g/mol. The maximum absolute atomic E-state index is 12.1. The van der Waals surface area contributed by atoms with E-state index in [0.717, 1.165) is 9.37 Å². The highest BCUT2D eigenvalue weighted by molar-refractivity contribution is 9.10. The van der Waals surface area contributed by atoms with E-state index in [-0.39, 0.29) is 10.6 Å². The van der Waals surface area contributed by atoms with Crippen LogP contribution < -0.4 is 5.43 Å². The van der Waals surface area contributed by atoms with Crippen LogP contribution in [-0.4, -0.2) is 12.1 Å². The Bertz CT molecular complexity index is 1010. The van der Waals surface area contributed by atoms with Crippen molar-refractivity contribution in [3.05, 3.63) is 79.4 Å². The highest BCUT2D eigenvalue weighted by Gasteiger charge is 2.11. The molecule has 0 aliphatic heterocycles. The van der Waals surface area contributed by atoms with Gasteiger partial charge in [0.1, 0.15) is 5.76 Å². The van der Waals surface area contributed by atoms with E-state index >= 15 is 0 Å². The monoisotopic (exact) mass is 502 g/mol. The molecule has 0 radical (unpaired) electrons. The number of hydrogen-bond acceptors (Lipinski definition) is 4. The molecule has 0 spiro atoms. The molecule has 138 valence electrons. The van der Waals surface area contributed by atoms with Crippen LogP contribution in [0.5, 0.6) is 0 Å². The van der Waals surface area contributed by atoms with E-state index in [1.807, 2.05) is 12.1 Å². The number of nitrogens with zero attached hydrogens (tertiary/aromatic N) is 1. The minimum absolute atomic E-state index is 0.248. The summed E-state index contributed by atoms with van der Waals surface area (Å²) < 4.78 is 6.49. The Morgan fingerprint density at radius 2 is 1.78 bits per heavy atom. The van der Waals surface area contributed by atoms with Gasteiger partial charge in [0.2, 0.25) is 0 Å². The van der Waals surface area contributed by atoms with Crippen molar-refractivity contribution in [1.29, 1.82) is 0 Å². The number of halogens is 4. The van der Waals surface area contributed by atoms with Crippen LogP contribution in [0.4, 0.5) is 0 Å². The lowest BCUT2D eigenvalue weighted by Crippen LogP contribution is -2.17. The summed E-state index contributed by atoms with van der Waals surface area (Å²) >= 11 is 22.6. The van der Waals surface area contributed by atoms with Crippen LogP contribution in [0.25, 0.3) is 0 Å². The fourth-order valence-electron chi connectivity index (χ4n) is 2.00. The number of furan rings is 1. The van der Waals surface area contributed by atoms with Crippen molar-refractivity contribution in [2.75, 3.05) is 0 Å². The molecule has 0 bridgehead atoms. The summed E-state index contributed by atoms with van der Waals surface area (Å²) in [4.78, 5) is 13.1. The second-order valence-electron chi connectivity index (χ2n) is 5.16. The van der Waals surface area contributed by atoms with E-state index in [9.17, 15) is 4.79 Å². The predicted molar refractivity (Wildman–Crippen MR) is 114 cm³/mol. The summed E-state index contributed by atoms with van der Waals surface area (Å²) in [6.07, 6.45) is 1.40. The molecule has 0 aliphatic carbocycles. The Morgan fingerprint density at radius 3 is 2.48 bits per heavy atom. The van der Waals surface area contributed by atoms with E-state index in [2.05, 4.69) is 26.5 Å². The lowest BCUT2D eigenvalue weighted by molar-refractivity contribution is 0.0955. The Balaban J connectivity index is 1.65. The van der Waals surface area contributed by atoms with Crippen LogP contribution in [0.3, 0.4) is 0 Å². The number of hydrogen-bond donors (Lipinski definition) is 1. The number of hydrazone groups is 1. The van der Waals surface area contributed by atoms with Crippen LogP contribution in [0.15, 0.2) is 72.5 Å². The lowest BCUT2D eigenvalue weighted by atomic mass is 10.2. The van der Waals surface area contributed by atoms with Gasteiger partial charge in [0, 0.05) is 21.0 Å². The van der Waals surface area contributed by atoms with Crippen molar-refractivity contribution in [3.8, 4) is 0 Å². The largest absolute Gasteiger partial charge is 0.447 e. The summed E-state index contributed by atoms with van der Waals surface area (Å²) in [7, 11) is 0. The van der Waals surface area contributed by atoms with Gasteiger partial charge in [-0.3, -0.25) is 4.79 Å². The zero-order valence-electron chi connectivity index (χ0n) is 13.4. The second kappa shape index (κ2) is 9.17. The van der Waals surface area contributed by atoms with Gasteiger partial charge in [0.15, 0.2) is 5.09 Å². The quantitative estimate of drug-likeness (QED) is 0.303. The third kappa shape index (κ3) is 5.53. The molecule has 27 heavy (non-hydrogen) atoms. The molecule has 2 aromatic carbocycles. The van der Waals surface area contributed by atoms with Gasteiger partial charge in [-0.25, -0.2) is 5.43 Å². The van der Waals surface area contributed by atoms with Gasteiger partial charge in [-0.15, -0.1) is 0 Å². The number of carbonyl (C=O) groups excluding carboxylic acids is 1. The molecule has 0 saturated heterocycles. The molecule has 0 aliphatic rings. The second-order valence-corrected chi connectivity index (χ2v) is 8.34. The normalized spacial score (nSPS) is 11.1. The molecular formula is C18H10BrCl3N2O2S. The van der Waals surface area contributed by atoms with E-state index in [1.54, 1.807) is 24.3 Å². The zero-order valence-corrected chi connectivity index (χ0v) is 18.1.